The van der Waals surface area contributed by atoms with Crippen LogP contribution < -0.4 is 5.32 Å². The SMILES string of the molecule is [CH2]c1ccccc1NCc1cccc(Br)c1. The van der Waals surface area contributed by atoms with Crippen molar-refractivity contribution < 1.29 is 0 Å². The van der Waals surface area contributed by atoms with E-state index in [4.69, 9.17) is 0 Å². The van der Waals surface area contributed by atoms with Crippen LogP contribution in [-0.4, -0.2) is 0 Å². The molecule has 0 aliphatic carbocycles. The maximum Gasteiger partial charge on any atom is 0.0401 e. The van der Waals surface area contributed by atoms with Gasteiger partial charge in [-0.25, -0.2) is 0 Å². The Morgan fingerprint density at radius 3 is 2.62 bits per heavy atom. The summed E-state index contributed by atoms with van der Waals surface area (Å²) in [4.78, 5) is 0. The lowest BCUT2D eigenvalue weighted by atomic mass is 10.2. The van der Waals surface area contributed by atoms with Crippen molar-refractivity contribution in [1.29, 1.82) is 0 Å². The average Bonchev–Trinajstić information content (AvgIpc) is 2.28. The second-order valence-corrected chi connectivity index (χ2v) is 4.56. The molecule has 0 saturated carbocycles. The third-order valence-electron chi connectivity index (χ3n) is 2.39. The maximum atomic E-state index is 3.98. The molecule has 0 spiro atoms. The fourth-order valence-electron chi connectivity index (χ4n) is 1.54. The summed E-state index contributed by atoms with van der Waals surface area (Å²) >= 11 is 3.46. The Bertz CT molecular complexity index is 480. The molecule has 0 bridgehead atoms. The van der Waals surface area contributed by atoms with E-state index in [1.165, 1.54) is 5.56 Å². The minimum atomic E-state index is 0.811. The van der Waals surface area contributed by atoms with Crippen molar-refractivity contribution in [2.24, 2.45) is 0 Å². The summed E-state index contributed by atoms with van der Waals surface area (Å²) in [6, 6.07) is 16.3. The van der Waals surface area contributed by atoms with Gasteiger partial charge >= 0.3 is 0 Å². The van der Waals surface area contributed by atoms with Gasteiger partial charge in [0.15, 0.2) is 0 Å². The molecule has 1 radical (unpaired) electrons. The van der Waals surface area contributed by atoms with Crippen molar-refractivity contribution in [1.82, 2.24) is 0 Å². The van der Waals surface area contributed by atoms with Crippen LogP contribution in [-0.2, 0) is 6.54 Å². The van der Waals surface area contributed by atoms with Gasteiger partial charge in [-0.1, -0.05) is 46.3 Å². The van der Waals surface area contributed by atoms with E-state index in [2.05, 4.69) is 40.3 Å². The predicted octanol–water partition coefficient (Wildman–Crippen LogP) is 4.24. The van der Waals surface area contributed by atoms with Crippen LogP contribution in [0, 0.1) is 6.92 Å². The first kappa shape index (κ1) is 11.2. The van der Waals surface area contributed by atoms with Gasteiger partial charge in [0.05, 0.1) is 0 Å². The number of halogens is 1. The highest BCUT2D eigenvalue weighted by atomic mass is 79.9. The fourth-order valence-corrected chi connectivity index (χ4v) is 1.98. The Kier molecular flexibility index (Phi) is 3.62. The van der Waals surface area contributed by atoms with Crippen molar-refractivity contribution in [3.05, 3.63) is 71.1 Å². The molecule has 2 aromatic carbocycles. The maximum absolute atomic E-state index is 3.98. The summed E-state index contributed by atoms with van der Waals surface area (Å²) in [7, 11) is 0. The molecule has 0 unspecified atom stereocenters. The Morgan fingerprint density at radius 1 is 1.06 bits per heavy atom. The summed E-state index contributed by atoms with van der Waals surface area (Å²) in [6.45, 7) is 4.79. The van der Waals surface area contributed by atoms with Crippen molar-refractivity contribution in [3.8, 4) is 0 Å². The van der Waals surface area contributed by atoms with Crippen LogP contribution in [0.4, 0.5) is 5.69 Å². The molecule has 16 heavy (non-hydrogen) atoms. The number of para-hydroxylation sites is 1. The molecule has 0 amide bonds. The number of hydrogen-bond acceptors (Lipinski definition) is 1. The van der Waals surface area contributed by atoms with Crippen LogP contribution in [0.1, 0.15) is 11.1 Å². The van der Waals surface area contributed by atoms with Gasteiger partial charge < -0.3 is 5.32 Å². The molecule has 0 atom stereocenters. The zero-order chi connectivity index (χ0) is 11.4. The molecule has 0 aromatic heterocycles. The highest BCUT2D eigenvalue weighted by molar-refractivity contribution is 9.10. The van der Waals surface area contributed by atoms with Crippen LogP contribution in [0.25, 0.3) is 0 Å². The first-order valence-electron chi connectivity index (χ1n) is 5.15. The molecule has 2 aromatic rings. The standard InChI is InChI=1S/C14H13BrN/c1-11-5-2-3-8-14(11)16-10-12-6-4-7-13(15)9-12/h2-9,16H,1,10H2. The first-order valence-corrected chi connectivity index (χ1v) is 5.94. The molecule has 2 rings (SSSR count). The molecule has 0 heterocycles. The largest absolute Gasteiger partial charge is 0.381 e. The van der Waals surface area contributed by atoms with E-state index in [1.54, 1.807) is 0 Å². The minimum Gasteiger partial charge on any atom is -0.381 e. The predicted molar refractivity (Wildman–Crippen MR) is 72.4 cm³/mol. The monoisotopic (exact) mass is 274 g/mol. The Labute approximate surface area is 105 Å². The molecule has 1 N–H and O–H groups in total. The van der Waals surface area contributed by atoms with Crippen LogP contribution in [0.2, 0.25) is 0 Å². The summed E-state index contributed by atoms with van der Waals surface area (Å²) in [6.07, 6.45) is 0. The van der Waals surface area contributed by atoms with Gasteiger partial charge in [0.25, 0.3) is 0 Å². The number of rotatable bonds is 3. The third-order valence-corrected chi connectivity index (χ3v) is 2.88. The van der Waals surface area contributed by atoms with E-state index in [-0.39, 0.29) is 0 Å². The van der Waals surface area contributed by atoms with Crippen molar-refractivity contribution in [2.75, 3.05) is 5.32 Å². The lowest BCUT2D eigenvalue weighted by Crippen LogP contribution is -2.00. The molecule has 0 saturated heterocycles. The fraction of sp³-hybridized carbons (Fsp3) is 0.0714. The summed E-state index contributed by atoms with van der Waals surface area (Å²) in [5.41, 5.74) is 3.36. The number of benzene rings is 2. The second-order valence-electron chi connectivity index (χ2n) is 3.64. The second kappa shape index (κ2) is 5.17. The number of nitrogens with one attached hydrogen (secondary N) is 1. The number of anilines is 1. The van der Waals surface area contributed by atoms with E-state index < -0.39 is 0 Å². The normalized spacial score (nSPS) is 10.1. The number of hydrogen-bond donors (Lipinski definition) is 1. The summed E-state index contributed by atoms with van der Waals surface area (Å²) in [5.74, 6) is 0. The highest BCUT2D eigenvalue weighted by Gasteiger charge is 1.97. The van der Waals surface area contributed by atoms with Crippen LogP contribution in [0.3, 0.4) is 0 Å². The van der Waals surface area contributed by atoms with Crippen LogP contribution >= 0.6 is 15.9 Å². The van der Waals surface area contributed by atoms with Gasteiger partial charge in [-0.15, -0.1) is 0 Å². The zero-order valence-corrected chi connectivity index (χ0v) is 10.5. The van der Waals surface area contributed by atoms with Gasteiger partial charge in [-0.2, -0.15) is 0 Å². The van der Waals surface area contributed by atoms with Gasteiger partial charge in [-0.05, 0) is 36.2 Å². The van der Waals surface area contributed by atoms with Gasteiger partial charge in [0.2, 0.25) is 0 Å². The molecule has 0 fully saturated rings. The topological polar surface area (TPSA) is 12.0 Å². The molecule has 0 aliphatic heterocycles. The quantitative estimate of drug-likeness (QED) is 0.883. The average molecular weight is 275 g/mol. The molecule has 81 valence electrons. The van der Waals surface area contributed by atoms with Gasteiger partial charge in [0, 0.05) is 16.7 Å². The smallest absolute Gasteiger partial charge is 0.0401 e. The Hall–Kier alpha value is -1.28. The zero-order valence-electron chi connectivity index (χ0n) is 8.91. The van der Waals surface area contributed by atoms with Crippen LogP contribution in [0.5, 0.6) is 0 Å². The molecule has 2 heteroatoms. The van der Waals surface area contributed by atoms with E-state index >= 15 is 0 Å². The lowest BCUT2D eigenvalue weighted by Gasteiger charge is -2.09. The van der Waals surface area contributed by atoms with Gasteiger partial charge in [-0.3, -0.25) is 0 Å². The molecule has 0 aliphatic rings. The Morgan fingerprint density at radius 2 is 1.88 bits per heavy atom. The van der Waals surface area contributed by atoms with Crippen molar-refractivity contribution in [3.63, 3.8) is 0 Å². The molecular formula is C14H13BrN. The minimum absolute atomic E-state index is 0.811. The molecular weight excluding hydrogens is 262 g/mol. The third kappa shape index (κ3) is 2.86. The van der Waals surface area contributed by atoms with Crippen molar-refractivity contribution in [2.45, 2.75) is 6.54 Å². The Balaban J connectivity index is 2.05. The van der Waals surface area contributed by atoms with E-state index in [9.17, 15) is 0 Å². The first-order chi connectivity index (χ1) is 7.75. The van der Waals surface area contributed by atoms with E-state index in [0.717, 1.165) is 22.3 Å². The lowest BCUT2D eigenvalue weighted by molar-refractivity contribution is 1.14. The molecule has 1 nitrogen and oxygen atoms in total. The van der Waals surface area contributed by atoms with E-state index in [0.29, 0.717) is 0 Å². The summed E-state index contributed by atoms with van der Waals surface area (Å²) in [5, 5.41) is 3.37. The van der Waals surface area contributed by atoms with Crippen molar-refractivity contribution >= 4 is 21.6 Å². The van der Waals surface area contributed by atoms with Gasteiger partial charge in [0.1, 0.15) is 0 Å². The summed E-state index contributed by atoms with van der Waals surface area (Å²) < 4.78 is 1.11. The van der Waals surface area contributed by atoms with Crippen LogP contribution in [0.15, 0.2) is 53.0 Å². The highest BCUT2D eigenvalue weighted by Crippen LogP contribution is 2.16. The van der Waals surface area contributed by atoms with E-state index in [1.807, 2.05) is 36.4 Å².